The smallest absolute Gasteiger partial charge is 0.323 e. The molecule has 2 aromatic rings. The third kappa shape index (κ3) is 8.19. The van der Waals surface area contributed by atoms with Gasteiger partial charge < -0.3 is 24.7 Å². The third-order valence-corrected chi connectivity index (χ3v) is 7.40. The normalized spacial score (nSPS) is 16.1. The molecule has 5 atom stereocenters. The van der Waals surface area contributed by atoms with Gasteiger partial charge in [0.1, 0.15) is 24.6 Å². The second kappa shape index (κ2) is 15.0. The molecule has 0 saturated carbocycles. The van der Waals surface area contributed by atoms with Gasteiger partial charge in [0.15, 0.2) is 11.9 Å². The number of halogens is 1. The van der Waals surface area contributed by atoms with Crippen molar-refractivity contribution in [1.82, 2.24) is 19.7 Å². The topological polar surface area (TPSA) is 183 Å². The molecule has 0 amide bonds. The summed E-state index contributed by atoms with van der Waals surface area (Å²) in [4.78, 5) is 40.6. The molecule has 1 unspecified atom stereocenters. The van der Waals surface area contributed by atoms with E-state index in [2.05, 4.69) is 15.2 Å². The van der Waals surface area contributed by atoms with Crippen LogP contribution in [0.5, 0.6) is 0 Å². The molecule has 16 heteroatoms. The third-order valence-electron chi connectivity index (χ3n) is 6.20. The van der Waals surface area contributed by atoms with Crippen LogP contribution in [-0.2, 0) is 42.4 Å². The van der Waals surface area contributed by atoms with Gasteiger partial charge in [-0.15, -0.1) is 0 Å². The van der Waals surface area contributed by atoms with Gasteiger partial charge in [0.2, 0.25) is 11.9 Å². The van der Waals surface area contributed by atoms with E-state index >= 15 is 0 Å². The van der Waals surface area contributed by atoms with E-state index in [1.807, 2.05) is 13.8 Å². The van der Waals surface area contributed by atoms with Gasteiger partial charge in [-0.1, -0.05) is 26.7 Å². The highest BCUT2D eigenvalue weighted by Gasteiger charge is 2.52. The van der Waals surface area contributed by atoms with E-state index in [-0.39, 0.29) is 24.0 Å². The van der Waals surface area contributed by atoms with Gasteiger partial charge >= 0.3 is 17.9 Å². The van der Waals surface area contributed by atoms with Crippen molar-refractivity contribution in [2.24, 2.45) is 5.92 Å². The number of nitrogens with two attached hydrogens (primary N) is 1. The van der Waals surface area contributed by atoms with Crippen LogP contribution in [0.25, 0.3) is 5.52 Å². The Kier molecular flexibility index (Phi) is 12.4. The van der Waals surface area contributed by atoms with Crippen molar-refractivity contribution in [3.05, 3.63) is 24.2 Å². The SMILES string of the molecule is CCC(CC)COC(=O)[C@H](C)N[PH](=O)O[C@@](CF)(OC)[C@@H](OC(C)=O)[C@@H](OC(C)=O)c1ccc2c(N)ncnn12. The van der Waals surface area contributed by atoms with Gasteiger partial charge in [-0.3, -0.25) is 23.5 Å². The predicted octanol–water partition coefficient (Wildman–Crippen LogP) is 2.52. The number of esters is 3. The minimum atomic E-state index is -3.47. The molecule has 0 aliphatic rings. The maximum absolute atomic E-state index is 14.8. The first-order valence-electron chi connectivity index (χ1n) is 12.6. The summed E-state index contributed by atoms with van der Waals surface area (Å²) in [6, 6.07) is 1.86. The van der Waals surface area contributed by atoms with E-state index < -0.39 is 56.8 Å². The number of aromatic nitrogens is 3. The lowest BCUT2D eigenvalue weighted by Gasteiger charge is -2.39. The highest BCUT2D eigenvalue weighted by molar-refractivity contribution is 7.36. The second-order valence-corrected chi connectivity index (χ2v) is 10.0. The lowest BCUT2D eigenvalue weighted by molar-refractivity contribution is -0.263. The van der Waals surface area contributed by atoms with Crippen LogP contribution < -0.4 is 10.8 Å². The molecule has 2 aromatic heterocycles. The second-order valence-electron chi connectivity index (χ2n) is 8.98. The number of nitrogen functional groups attached to an aromatic ring is 1. The van der Waals surface area contributed by atoms with Crippen molar-refractivity contribution in [2.75, 3.05) is 26.1 Å². The Bertz CT molecular complexity index is 1190. The number of alkyl halides is 1. The van der Waals surface area contributed by atoms with E-state index in [9.17, 15) is 23.3 Å². The molecular weight excluding hydrogens is 552 g/mol. The Balaban J connectivity index is 2.42. The Morgan fingerprint density at radius 3 is 2.38 bits per heavy atom. The summed E-state index contributed by atoms with van der Waals surface area (Å²) in [5, 5.41) is 6.52. The van der Waals surface area contributed by atoms with Gasteiger partial charge in [0, 0.05) is 21.0 Å². The van der Waals surface area contributed by atoms with Gasteiger partial charge in [0.25, 0.3) is 8.18 Å². The summed E-state index contributed by atoms with van der Waals surface area (Å²) < 4.78 is 56.0. The quantitative estimate of drug-likeness (QED) is 0.126. The van der Waals surface area contributed by atoms with Crippen LogP contribution in [0.15, 0.2) is 18.5 Å². The number of methoxy groups -OCH3 is 1. The molecule has 3 N–H and O–H groups in total. The van der Waals surface area contributed by atoms with Crippen molar-refractivity contribution in [1.29, 1.82) is 0 Å². The first-order valence-corrected chi connectivity index (χ1v) is 13.9. The largest absolute Gasteiger partial charge is 0.464 e. The van der Waals surface area contributed by atoms with Crippen molar-refractivity contribution >= 4 is 37.4 Å². The van der Waals surface area contributed by atoms with Crippen molar-refractivity contribution < 1.29 is 46.8 Å². The van der Waals surface area contributed by atoms with Crippen LogP contribution in [0.2, 0.25) is 0 Å². The van der Waals surface area contributed by atoms with E-state index in [4.69, 9.17) is 29.2 Å². The van der Waals surface area contributed by atoms with E-state index in [1.165, 1.54) is 23.6 Å². The van der Waals surface area contributed by atoms with Crippen LogP contribution in [0.4, 0.5) is 10.2 Å². The van der Waals surface area contributed by atoms with Crippen LogP contribution in [0, 0.1) is 5.92 Å². The highest BCUT2D eigenvalue weighted by Crippen LogP contribution is 2.40. The zero-order valence-electron chi connectivity index (χ0n) is 23.3. The average Bonchev–Trinajstić information content (AvgIpc) is 3.34. The lowest BCUT2D eigenvalue weighted by atomic mass is 10.0. The van der Waals surface area contributed by atoms with Gasteiger partial charge in [-0.25, -0.2) is 19.0 Å². The van der Waals surface area contributed by atoms with Crippen molar-refractivity contribution in [3.63, 3.8) is 0 Å². The predicted molar refractivity (Wildman–Crippen MR) is 141 cm³/mol. The fraction of sp³-hybridized carbons (Fsp3) is 0.625. The summed E-state index contributed by atoms with van der Waals surface area (Å²) in [5.41, 5.74) is 6.31. The summed E-state index contributed by atoms with van der Waals surface area (Å²) in [5.74, 6) is -4.74. The molecule has 0 radical (unpaired) electrons. The standard InChI is InChI=1S/C24H37FN5O9P/c1-7-17(8-2)11-36-23(33)14(3)29-40(34)39-24(12-25,35-6)21(38-16(5)32)20(37-15(4)31)18-9-10-19-22(26)27-13-28-30(18)19/h9-10,13-14,17,20-21,40H,7-8,11-12H2,1-6H3,(H,29,34)(H2,26,27,28)/t14-,20-,21-,24+/m0/s1. The summed E-state index contributed by atoms with van der Waals surface area (Å²) in [6.07, 6.45) is -0.653. The Morgan fingerprint density at radius 2 is 1.82 bits per heavy atom. The first-order chi connectivity index (χ1) is 18.9. The molecule has 224 valence electrons. The molecule has 0 aromatic carbocycles. The van der Waals surface area contributed by atoms with Crippen LogP contribution >= 0.6 is 8.18 Å². The van der Waals surface area contributed by atoms with Gasteiger partial charge in [-0.05, 0) is 25.0 Å². The molecule has 0 spiro atoms. The lowest BCUT2D eigenvalue weighted by Crippen LogP contribution is -2.54. The number of nitrogens with one attached hydrogen (secondary N) is 1. The summed E-state index contributed by atoms with van der Waals surface area (Å²) in [7, 11) is -2.44. The molecule has 0 aliphatic carbocycles. The zero-order chi connectivity index (χ0) is 30.0. The number of ether oxygens (including phenoxy) is 4. The number of carbonyl (C=O) groups excluding carboxylic acids is 3. The fourth-order valence-electron chi connectivity index (χ4n) is 3.85. The molecule has 0 fully saturated rings. The molecule has 2 heterocycles. The number of hydrogen-bond acceptors (Lipinski definition) is 12. The maximum Gasteiger partial charge on any atom is 0.323 e. The monoisotopic (exact) mass is 589 g/mol. The Morgan fingerprint density at radius 1 is 1.18 bits per heavy atom. The number of hydrogen-bond donors (Lipinski definition) is 2. The van der Waals surface area contributed by atoms with E-state index in [1.54, 1.807) is 0 Å². The minimum Gasteiger partial charge on any atom is -0.464 e. The van der Waals surface area contributed by atoms with Crippen LogP contribution in [0.1, 0.15) is 59.3 Å². The number of fused-ring (bicyclic) bond motifs is 1. The molecule has 0 saturated heterocycles. The van der Waals surface area contributed by atoms with Gasteiger partial charge in [-0.2, -0.15) is 5.10 Å². The number of anilines is 1. The van der Waals surface area contributed by atoms with Crippen molar-refractivity contribution in [2.45, 2.75) is 71.5 Å². The fourth-order valence-corrected chi connectivity index (χ4v) is 4.95. The number of carbonyl (C=O) groups is 3. The zero-order valence-corrected chi connectivity index (χ0v) is 24.3. The van der Waals surface area contributed by atoms with Crippen molar-refractivity contribution in [3.8, 4) is 0 Å². The molecule has 0 aliphatic heterocycles. The molecule has 2 rings (SSSR count). The first kappa shape index (κ1) is 33.1. The molecule has 40 heavy (non-hydrogen) atoms. The number of nitrogens with zero attached hydrogens (tertiary/aromatic N) is 3. The highest BCUT2D eigenvalue weighted by atomic mass is 31.1. The van der Waals surface area contributed by atoms with Crippen LogP contribution in [-0.4, -0.2) is 70.8 Å². The Hall–Kier alpha value is -3.13. The average molecular weight is 590 g/mol. The molecule has 0 bridgehead atoms. The van der Waals surface area contributed by atoms with Crippen LogP contribution in [0.3, 0.4) is 0 Å². The minimum absolute atomic E-state index is 0.0888. The maximum atomic E-state index is 14.8. The summed E-state index contributed by atoms with van der Waals surface area (Å²) in [6.45, 7) is 6.13. The summed E-state index contributed by atoms with van der Waals surface area (Å²) >= 11 is 0. The molecule has 14 nitrogen and oxygen atoms in total. The molecular formula is C24H37FN5O9P. The van der Waals surface area contributed by atoms with E-state index in [0.29, 0.717) is 5.52 Å². The van der Waals surface area contributed by atoms with E-state index in [0.717, 1.165) is 40.1 Å². The van der Waals surface area contributed by atoms with Gasteiger partial charge in [0.05, 0.1) is 12.3 Å². The Labute approximate surface area is 231 Å². The number of rotatable bonds is 16.